The number of benzene rings is 1. The average Bonchev–Trinajstić information content (AvgIpc) is 3.59. The number of likely N-dealkylation sites (tertiary alicyclic amines) is 1. The molecule has 8 nitrogen and oxygen atoms in total. The summed E-state index contributed by atoms with van der Waals surface area (Å²) in [5, 5.41) is -0.225. The van der Waals surface area contributed by atoms with E-state index in [1.54, 1.807) is 17.0 Å². The van der Waals surface area contributed by atoms with Gasteiger partial charge in [-0.3, -0.25) is 4.79 Å². The normalized spacial score (nSPS) is 18.0. The first-order valence-electron chi connectivity index (χ1n) is 12.4. The van der Waals surface area contributed by atoms with Gasteiger partial charge in [-0.05, 0) is 61.9 Å². The molecule has 0 N–H and O–H groups in total. The zero-order valence-electron chi connectivity index (χ0n) is 20.6. The van der Waals surface area contributed by atoms with Gasteiger partial charge < -0.3 is 18.6 Å². The lowest BCUT2D eigenvalue weighted by Gasteiger charge is -2.26. The summed E-state index contributed by atoms with van der Waals surface area (Å²) in [5.41, 5.74) is 1.36. The number of ether oxygens (including phenoxy) is 1. The van der Waals surface area contributed by atoms with Gasteiger partial charge in [-0.1, -0.05) is 20.8 Å². The predicted octanol–water partition coefficient (Wildman–Crippen LogP) is 4.42. The van der Waals surface area contributed by atoms with Gasteiger partial charge in [-0.15, -0.1) is 0 Å². The molecule has 1 aromatic carbocycles. The van der Waals surface area contributed by atoms with E-state index in [0.29, 0.717) is 24.5 Å². The highest BCUT2D eigenvalue weighted by Gasteiger charge is 2.29. The minimum Gasteiger partial charge on any atom is -0.439 e. The zero-order chi connectivity index (χ0) is 24.8. The fraction of sp³-hybridized carbons (Fsp3) is 0.538. The van der Waals surface area contributed by atoms with Crippen molar-refractivity contribution in [3.05, 3.63) is 41.9 Å². The van der Waals surface area contributed by atoms with Crippen LogP contribution < -0.4 is 0 Å². The Labute approximate surface area is 206 Å². The van der Waals surface area contributed by atoms with Gasteiger partial charge in [0.05, 0.1) is 15.9 Å². The lowest BCUT2D eigenvalue weighted by molar-refractivity contribution is 0.0611. The lowest BCUT2D eigenvalue weighted by atomic mass is 9.94. The van der Waals surface area contributed by atoms with E-state index in [9.17, 15) is 13.2 Å². The Morgan fingerprint density at radius 2 is 1.80 bits per heavy atom. The molecule has 0 aliphatic carbocycles. The van der Waals surface area contributed by atoms with Crippen LogP contribution in [-0.4, -0.2) is 55.1 Å². The van der Waals surface area contributed by atoms with Crippen LogP contribution in [-0.2, 0) is 26.5 Å². The number of rotatable bonds is 5. The maximum Gasteiger partial charge on any atom is 0.289 e. The second-order valence-electron chi connectivity index (χ2n) is 10.6. The van der Waals surface area contributed by atoms with Crippen molar-refractivity contribution in [2.45, 2.75) is 68.4 Å². The molecular weight excluding hydrogens is 466 g/mol. The third-order valence-corrected chi connectivity index (χ3v) is 8.56. The van der Waals surface area contributed by atoms with Crippen LogP contribution in [0.15, 0.2) is 44.7 Å². The molecule has 35 heavy (non-hydrogen) atoms. The van der Waals surface area contributed by atoms with E-state index in [-0.39, 0.29) is 27.1 Å². The summed E-state index contributed by atoms with van der Waals surface area (Å²) < 4.78 is 40.1. The summed E-state index contributed by atoms with van der Waals surface area (Å²) in [6.45, 7) is 10.1. The summed E-state index contributed by atoms with van der Waals surface area (Å²) in [5.74, 6) is 1.23. The topological polar surface area (TPSA) is 94.6 Å². The summed E-state index contributed by atoms with van der Waals surface area (Å²) in [7, 11) is -3.94. The molecular formula is C26H33N3O5S. The van der Waals surface area contributed by atoms with Crippen LogP contribution in [0.5, 0.6) is 0 Å². The quantitative estimate of drug-likeness (QED) is 0.516. The van der Waals surface area contributed by atoms with Gasteiger partial charge in [0, 0.05) is 38.3 Å². The van der Waals surface area contributed by atoms with Crippen LogP contribution in [0.25, 0.3) is 11.0 Å². The van der Waals surface area contributed by atoms with Gasteiger partial charge in [0.2, 0.25) is 14.9 Å². The second-order valence-corrected chi connectivity index (χ2v) is 12.5. The molecule has 188 valence electrons. The molecule has 2 aliphatic heterocycles. The standard InChI is InChI=1S/C26H33N3O5S/c1-26(2,3)25-27-20-16-19(6-7-21(20)29(25)17-18-10-14-33-15-11-18)35(31,32)23-9-8-22(34-23)24(30)28-12-4-5-13-28/h6-9,16,18H,4-5,10-15,17H2,1-3H3. The highest BCUT2D eigenvalue weighted by atomic mass is 32.2. The van der Waals surface area contributed by atoms with Crippen molar-refractivity contribution >= 4 is 26.8 Å². The number of carbonyl (C=O) groups is 1. The molecule has 9 heteroatoms. The SMILES string of the molecule is CC(C)(C)c1nc2cc(S(=O)(=O)c3ccc(C(=O)N4CCCC4)o3)ccc2n1CC1CCOCC1. The molecule has 2 saturated heterocycles. The van der Waals surface area contributed by atoms with Crippen LogP contribution >= 0.6 is 0 Å². The average molecular weight is 500 g/mol. The van der Waals surface area contributed by atoms with E-state index < -0.39 is 9.84 Å². The minimum atomic E-state index is -3.94. The fourth-order valence-electron chi connectivity index (χ4n) is 4.99. The molecule has 2 aromatic heterocycles. The number of hydrogen-bond donors (Lipinski definition) is 0. The Hall–Kier alpha value is -2.65. The predicted molar refractivity (Wildman–Crippen MR) is 131 cm³/mol. The monoisotopic (exact) mass is 499 g/mol. The Bertz CT molecular complexity index is 1340. The number of sulfone groups is 1. The van der Waals surface area contributed by atoms with E-state index in [0.717, 1.165) is 56.8 Å². The Balaban J connectivity index is 1.48. The lowest BCUT2D eigenvalue weighted by Crippen LogP contribution is -2.27. The van der Waals surface area contributed by atoms with E-state index in [1.165, 1.54) is 12.1 Å². The van der Waals surface area contributed by atoms with Crippen molar-refractivity contribution in [2.75, 3.05) is 26.3 Å². The molecule has 0 bridgehead atoms. The third kappa shape index (κ3) is 4.63. The molecule has 1 amide bonds. The first-order valence-corrected chi connectivity index (χ1v) is 13.9. The Morgan fingerprint density at radius 3 is 2.49 bits per heavy atom. The van der Waals surface area contributed by atoms with E-state index in [1.807, 2.05) is 6.07 Å². The van der Waals surface area contributed by atoms with Gasteiger partial charge >= 0.3 is 0 Å². The van der Waals surface area contributed by atoms with Gasteiger partial charge in [-0.2, -0.15) is 0 Å². The molecule has 3 aromatic rings. The number of carbonyl (C=O) groups excluding carboxylic acids is 1. The van der Waals surface area contributed by atoms with Crippen molar-refractivity contribution < 1.29 is 22.4 Å². The Morgan fingerprint density at radius 1 is 1.09 bits per heavy atom. The molecule has 5 rings (SSSR count). The molecule has 2 aliphatic rings. The molecule has 0 saturated carbocycles. The van der Waals surface area contributed by atoms with Gasteiger partial charge in [0.25, 0.3) is 5.91 Å². The maximum absolute atomic E-state index is 13.4. The molecule has 4 heterocycles. The number of fused-ring (bicyclic) bond motifs is 1. The smallest absolute Gasteiger partial charge is 0.289 e. The van der Waals surface area contributed by atoms with E-state index >= 15 is 0 Å². The number of nitrogens with zero attached hydrogens (tertiary/aromatic N) is 3. The van der Waals surface area contributed by atoms with Crippen molar-refractivity contribution in [1.29, 1.82) is 0 Å². The number of aromatic nitrogens is 2. The summed E-state index contributed by atoms with van der Waals surface area (Å²) >= 11 is 0. The first kappa shape index (κ1) is 24.1. The molecule has 0 unspecified atom stereocenters. The summed E-state index contributed by atoms with van der Waals surface area (Å²) in [6.07, 6.45) is 3.92. The number of imidazole rings is 1. The first-order chi connectivity index (χ1) is 16.6. The zero-order valence-corrected chi connectivity index (χ0v) is 21.4. The molecule has 0 spiro atoms. The van der Waals surface area contributed by atoms with Crippen molar-refractivity contribution in [2.24, 2.45) is 5.92 Å². The van der Waals surface area contributed by atoms with E-state index in [4.69, 9.17) is 14.1 Å². The number of hydrogen-bond acceptors (Lipinski definition) is 6. The molecule has 0 radical (unpaired) electrons. The summed E-state index contributed by atoms with van der Waals surface area (Å²) in [4.78, 5) is 19.3. The third-order valence-electron chi connectivity index (χ3n) is 6.93. The Kier molecular flexibility index (Phi) is 6.25. The summed E-state index contributed by atoms with van der Waals surface area (Å²) in [6, 6.07) is 7.88. The van der Waals surface area contributed by atoms with Crippen LogP contribution in [0.3, 0.4) is 0 Å². The van der Waals surface area contributed by atoms with Gasteiger partial charge in [-0.25, -0.2) is 13.4 Å². The largest absolute Gasteiger partial charge is 0.439 e. The number of amides is 1. The fourth-order valence-corrected chi connectivity index (χ4v) is 6.19. The highest BCUT2D eigenvalue weighted by Crippen LogP contribution is 2.32. The van der Waals surface area contributed by atoms with Crippen molar-refractivity contribution in [3.8, 4) is 0 Å². The molecule has 0 atom stereocenters. The van der Waals surface area contributed by atoms with Crippen LogP contribution in [0, 0.1) is 5.92 Å². The number of furan rings is 1. The van der Waals surface area contributed by atoms with Crippen LogP contribution in [0.2, 0.25) is 0 Å². The van der Waals surface area contributed by atoms with Crippen LogP contribution in [0.4, 0.5) is 0 Å². The second kappa shape index (κ2) is 9.09. The highest BCUT2D eigenvalue weighted by molar-refractivity contribution is 7.91. The van der Waals surface area contributed by atoms with Gasteiger partial charge in [0.15, 0.2) is 5.76 Å². The van der Waals surface area contributed by atoms with E-state index in [2.05, 4.69) is 25.3 Å². The van der Waals surface area contributed by atoms with Gasteiger partial charge in [0.1, 0.15) is 5.82 Å². The van der Waals surface area contributed by atoms with Crippen molar-refractivity contribution in [1.82, 2.24) is 14.5 Å². The molecule has 2 fully saturated rings. The van der Waals surface area contributed by atoms with Crippen molar-refractivity contribution in [3.63, 3.8) is 0 Å². The minimum absolute atomic E-state index is 0.0577. The van der Waals surface area contributed by atoms with Crippen LogP contribution in [0.1, 0.15) is 62.8 Å². The maximum atomic E-state index is 13.4.